The molecule has 0 bridgehead atoms. The maximum absolute atomic E-state index is 7.31. The standard InChI is InChI=1S/C13H14N2O/c1-8-7-16-12(9(8)2)10-3-5-11(6-4-10)13(14)15/h3-7H,1-2H3,(H3,14,15). The van der Waals surface area contributed by atoms with Crippen molar-refractivity contribution < 1.29 is 4.42 Å². The topological polar surface area (TPSA) is 63.0 Å². The van der Waals surface area contributed by atoms with Gasteiger partial charge >= 0.3 is 0 Å². The summed E-state index contributed by atoms with van der Waals surface area (Å²) in [7, 11) is 0. The maximum atomic E-state index is 7.31. The second kappa shape index (κ2) is 3.85. The van der Waals surface area contributed by atoms with Gasteiger partial charge in [-0.05, 0) is 25.0 Å². The van der Waals surface area contributed by atoms with Gasteiger partial charge in [0.2, 0.25) is 0 Å². The van der Waals surface area contributed by atoms with Crippen LogP contribution in [0.1, 0.15) is 16.7 Å². The van der Waals surface area contributed by atoms with Crippen LogP contribution in [0.15, 0.2) is 34.9 Å². The van der Waals surface area contributed by atoms with Gasteiger partial charge in [0, 0.05) is 11.1 Å². The van der Waals surface area contributed by atoms with Crippen molar-refractivity contribution in [3.05, 3.63) is 47.2 Å². The van der Waals surface area contributed by atoms with Gasteiger partial charge in [-0.15, -0.1) is 0 Å². The van der Waals surface area contributed by atoms with E-state index in [1.165, 1.54) is 0 Å². The first kappa shape index (κ1) is 10.5. The molecule has 16 heavy (non-hydrogen) atoms. The molecular weight excluding hydrogens is 200 g/mol. The molecule has 0 amide bonds. The summed E-state index contributed by atoms with van der Waals surface area (Å²) in [5.74, 6) is 0.964. The lowest BCUT2D eigenvalue weighted by atomic mass is 10.1. The highest BCUT2D eigenvalue weighted by atomic mass is 16.3. The largest absolute Gasteiger partial charge is 0.464 e. The molecule has 1 heterocycles. The van der Waals surface area contributed by atoms with Crippen molar-refractivity contribution >= 4 is 5.84 Å². The Hall–Kier alpha value is -2.03. The molecule has 2 rings (SSSR count). The van der Waals surface area contributed by atoms with Crippen molar-refractivity contribution in [2.75, 3.05) is 0 Å². The van der Waals surface area contributed by atoms with E-state index in [0.29, 0.717) is 0 Å². The fourth-order valence-electron chi connectivity index (χ4n) is 1.59. The minimum Gasteiger partial charge on any atom is -0.464 e. The number of aryl methyl sites for hydroxylation is 1. The number of amidine groups is 1. The zero-order valence-corrected chi connectivity index (χ0v) is 9.37. The average Bonchev–Trinajstić information content (AvgIpc) is 2.60. The van der Waals surface area contributed by atoms with Crippen LogP contribution in [-0.2, 0) is 0 Å². The van der Waals surface area contributed by atoms with E-state index in [-0.39, 0.29) is 5.84 Å². The predicted octanol–water partition coefficient (Wildman–Crippen LogP) is 2.85. The molecule has 3 nitrogen and oxygen atoms in total. The SMILES string of the molecule is Cc1coc(-c2ccc(C(=N)N)cc2)c1C. The molecule has 1 aromatic heterocycles. The van der Waals surface area contributed by atoms with Crippen LogP contribution in [0.25, 0.3) is 11.3 Å². The van der Waals surface area contributed by atoms with Gasteiger partial charge in [-0.25, -0.2) is 0 Å². The van der Waals surface area contributed by atoms with E-state index in [2.05, 4.69) is 0 Å². The fourth-order valence-corrected chi connectivity index (χ4v) is 1.59. The van der Waals surface area contributed by atoms with Gasteiger partial charge in [0.1, 0.15) is 11.6 Å². The molecular formula is C13H14N2O. The summed E-state index contributed by atoms with van der Waals surface area (Å²) < 4.78 is 5.50. The smallest absolute Gasteiger partial charge is 0.137 e. The highest BCUT2D eigenvalue weighted by Gasteiger charge is 2.08. The quantitative estimate of drug-likeness (QED) is 0.596. The molecule has 0 atom stereocenters. The normalized spacial score (nSPS) is 10.4. The van der Waals surface area contributed by atoms with Gasteiger partial charge in [0.05, 0.1) is 6.26 Å². The van der Waals surface area contributed by atoms with E-state index in [4.69, 9.17) is 15.6 Å². The molecule has 0 aliphatic rings. The van der Waals surface area contributed by atoms with Crippen LogP contribution in [0.3, 0.4) is 0 Å². The van der Waals surface area contributed by atoms with Gasteiger partial charge in [-0.1, -0.05) is 24.3 Å². The fraction of sp³-hybridized carbons (Fsp3) is 0.154. The zero-order chi connectivity index (χ0) is 11.7. The third-order valence-corrected chi connectivity index (χ3v) is 2.74. The molecule has 1 aromatic carbocycles. The first-order chi connectivity index (χ1) is 7.59. The molecule has 3 N–H and O–H groups in total. The van der Waals surface area contributed by atoms with Crippen molar-refractivity contribution in [3.63, 3.8) is 0 Å². The number of rotatable bonds is 2. The van der Waals surface area contributed by atoms with Gasteiger partial charge < -0.3 is 10.2 Å². The Morgan fingerprint density at radius 1 is 1.19 bits per heavy atom. The molecule has 0 unspecified atom stereocenters. The van der Waals surface area contributed by atoms with Crippen LogP contribution in [-0.4, -0.2) is 5.84 Å². The number of nitrogens with two attached hydrogens (primary N) is 1. The van der Waals surface area contributed by atoms with E-state index in [0.717, 1.165) is 28.0 Å². The third-order valence-electron chi connectivity index (χ3n) is 2.74. The van der Waals surface area contributed by atoms with Crippen LogP contribution < -0.4 is 5.73 Å². The van der Waals surface area contributed by atoms with E-state index in [9.17, 15) is 0 Å². The summed E-state index contributed by atoms with van der Waals surface area (Å²) in [5, 5.41) is 7.31. The molecule has 0 aliphatic heterocycles. The maximum Gasteiger partial charge on any atom is 0.137 e. The summed E-state index contributed by atoms with van der Waals surface area (Å²) in [6.45, 7) is 4.05. The molecule has 3 heteroatoms. The molecule has 0 saturated heterocycles. The summed E-state index contributed by atoms with van der Waals surface area (Å²) in [4.78, 5) is 0. The number of hydrogen-bond donors (Lipinski definition) is 2. The Labute approximate surface area is 94.4 Å². The van der Waals surface area contributed by atoms with Gasteiger partial charge in [0.25, 0.3) is 0 Å². The first-order valence-electron chi connectivity index (χ1n) is 5.09. The average molecular weight is 214 g/mol. The Kier molecular flexibility index (Phi) is 2.52. The van der Waals surface area contributed by atoms with Gasteiger partial charge in [-0.2, -0.15) is 0 Å². The van der Waals surface area contributed by atoms with Crippen molar-refractivity contribution in [3.8, 4) is 11.3 Å². The number of nitrogens with one attached hydrogen (secondary N) is 1. The Morgan fingerprint density at radius 2 is 1.81 bits per heavy atom. The second-order valence-corrected chi connectivity index (χ2v) is 3.86. The molecule has 2 aromatic rings. The summed E-state index contributed by atoms with van der Waals surface area (Å²) in [5.41, 5.74) is 9.43. The summed E-state index contributed by atoms with van der Waals surface area (Å²) in [6.07, 6.45) is 1.75. The molecule has 82 valence electrons. The summed E-state index contributed by atoms with van der Waals surface area (Å²) >= 11 is 0. The number of hydrogen-bond acceptors (Lipinski definition) is 2. The molecule has 0 spiro atoms. The van der Waals surface area contributed by atoms with Crippen LogP contribution in [0, 0.1) is 19.3 Å². The van der Waals surface area contributed by atoms with E-state index >= 15 is 0 Å². The Morgan fingerprint density at radius 3 is 2.25 bits per heavy atom. The van der Waals surface area contributed by atoms with Crippen molar-refractivity contribution in [1.29, 1.82) is 5.41 Å². The Bertz CT molecular complexity index is 523. The van der Waals surface area contributed by atoms with Crippen LogP contribution >= 0.6 is 0 Å². The highest BCUT2D eigenvalue weighted by molar-refractivity contribution is 5.95. The van der Waals surface area contributed by atoms with Gasteiger partial charge in [-0.3, -0.25) is 5.41 Å². The minimum absolute atomic E-state index is 0.0823. The zero-order valence-electron chi connectivity index (χ0n) is 9.37. The van der Waals surface area contributed by atoms with Crippen molar-refractivity contribution in [2.45, 2.75) is 13.8 Å². The van der Waals surface area contributed by atoms with E-state index in [1.807, 2.05) is 38.1 Å². The molecule has 0 fully saturated rings. The third kappa shape index (κ3) is 1.72. The van der Waals surface area contributed by atoms with Crippen LogP contribution in [0.2, 0.25) is 0 Å². The lowest BCUT2D eigenvalue weighted by Crippen LogP contribution is -2.10. The van der Waals surface area contributed by atoms with E-state index in [1.54, 1.807) is 6.26 Å². The second-order valence-electron chi connectivity index (χ2n) is 3.86. The van der Waals surface area contributed by atoms with E-state index < -0.39 is 0 Å². The highest BCUT2D eigenvalue weighted by Crippen LogP contribution is 2.27. The predicted molar refractivity (Wildman–Crippen MR) is 64.6 cm³/mol. The number of nitrogen functional groups attached to an aromatic ring is 1. The molecule has 0 radical (unpaired) electrons. The lowest BCUT2D eigenvalue weighted by Gasteiger charge is -2.01. The number of benzene rings is 1. The monoisotopic (exact) mass is 214 g/mol. The first-order valence-corrected chi connectivity index (χ1v) is 5.09. The van der Waals surface area contributed by atoms with Gasteiger partial charge in [0.15, 0.2) is 0 Å². The Balaban J connectivity index is 2.42. The lowest BCUT2D eigenvalue weighted by molar-refractivity contribution is 0.579. The number of furan rings is 1. The molecule has 0 aliphatic carbocycles. The van der Waals surface area contributed by atoms with Crippen molar-refractivity contribution in [1.82, 2.24) is 0 Å². The van der Waals surface area contributed by atoms with Crippen LogP contribution in [0.5, 0.6) is 0 Å². The van der Waals surface area contributed by atoms with Crippen molar-refractivity contribution in [2.24, 2.45) is 5.73 Å². The molecule has 0 saturated carbocycles. The summed E-state index contributed by atoms with van der Waals surface area (Å²) in [6, 6.07) is 7.49. The van der Waals surface area contributed by atoms with Crippen LogP contribution in [0.4, 0.5) is 0 Å². The minimum atomic E-state index is 0.0823.